The molecule has 0 bridgehead atoms. The molecule has 0 aromatic heterocycles. The first-order chi connectivity index (χ1) is 7.68. The Bertz CT molecular complexity index is 400. The van der Waals surface area contributed by atoms with Crippen LogP contribution in [0.5, 0.6) is 0 Å². The first kappa shape index (κ1) is 10.7. The highest BCUT2D eigenvalue weighted by Gasteiger charge is 2.24. The predicted octanol–water partition coefficient (Wildman–Crippen LogP) is 2.06. The van der Waals surface area contributed by atoms with E-state index in [1.54, 1.807) is 12.1 Å². The fraction of sp³-hybridized carbons (Fsp3) is 0.455. The summed E-state index contributed by atoms with van der Waals surface area (Å²) in [4.78, 5) is 13.1. The van der Waals surface area contributed by atoms with Crippen LogP contribution in [0.4, 0.5) is 17.1 Å². The van der Waals surface area contributed by atoms with Crippen molar-refractivity contribution in [1.29, 1.82) is 0 Å². The van der Waals surface area contributed by atoms with Gasteiger partial charge in [0.15, 0.2) is 0 Å². The molecule has 0 saturated carbocycles. The van der Waals surface area contributed by atoms with Crippen molar-refractivity contribution in [2.45, 2.75) is 19.3 Å². The van der Waals surface area contributed by atoms with Gasteiger partial charge >= 0.3 is 5.69 Å². The lowest BCUT2D eigenvalue weighted by Gasteiger charge is -2.27. The Morgan fingerprint density at radius 1 is 1.25 bits per heavy atom. The Hall–Kier alpha value is -1.78. The number of benzene rings is 1. The minimum atomic E-state index is -0.111. The van der Waals surface area contributed by atoms with E-state index in [4.69, 9.17) is 10.9 Å². The maximum atomic E-state index is 11.1. The van der Waals surface area contributed by atoms with Crippen LogP contribution in [0.3, 0.4) is 0 Å². The molecule has 0 radical (unpaired) electrons. The zero-order chi connectivity index (χ0) is 11.5. The van der Waals surface area contributed by atoms with E-state index in [-0.39, 0.29) is 10.6 Å². The zero-order valence-electron chi connectivity index (χ0n) is 9.09. The molecule has 1 saturated heterocycles. The molecule has 16 heavy (non-hydrogen) atoms. The SMILES string of the molecule is Nc1ccc(N2CCCCC2)c([N+](=O)O)c1. The van der Waals surface area contributed by atoms with Crippen molar-refractivity contribution < 1.29 is 10.1 Å². The molecule has 86 valence electrons. The van der Waals surface area contributed by atoms with E-state index >= 15 is 0 Å². The van der Waals surface area contributed by atoms with Gasteiger partial charge in [-0.15, -0.1) is 0 Å². The van der Waals surface area contributed by atoms with Gasteiger partial charge in [0.2, 0.25) is 0 Å². The second-order valence-corrected chi connectivity index (χ2v) is 4.07. The van der Waals surface area contributed by atoms with Crippen molar-refractivity contribution in [3.05, 3.63) is 23.1 Å². The van der Waals surface area contributed by atoms with Crippen LogP contribution < -0.4 is 10.6 Å². The fourth-order valence-corrected chi connectivity index (χ4v) is 2.10. The number of piperidine rings is 1. The topological polar surface area (TPSA) is 69.6 Å². The average molecular weight is 222 g/mol. The summed E-state index contributed by atoms with van der Waals surface area (Å²) in [5, 5.41) is 9.06. The molecule has 1 aliphatic heterocycles. The third kappa shape index (κ3) is 2.08. The summed E-state index contributed by atoms with van der Waals surface area (Å²) in [6.07, 6.45) is 3.46. The van der Waals surface area contributed by atoms with Gasteiger partial charge in [-0.3, -0.25) is 0 Å². The summed E-state index contributed by atoms with van der Waals surface area (Å²) in [5.41, 5.74) is 7.06. The van der Waals surface area contributed by atoms with Crippen LogP contribution in [0.15, 0.2) is 18.2 Å². The first-order valence-electron chi connectivity index (χ1n) is 5.49. The average Bonchev–Trinajstić information content (AvgIpc) is 2.30. The summed E-state index contributed by atoms with van der Waals surface area (Å²) in [6.45, 7) is 1.84. The summed E-state index contributed by atoms with van der Waals surface area (Å²) < 4.78 is 0. The van der Waals surface area contributed by atoms with Crippen molar-refractivity contribution in [3.63, 3.8) is 0 Å². The number of nitrogens with two attached hydrogens (primary N) is 1. The summed E-state index contributed by atoms with van der Waals surface area (Å²) in [7, 11) is 0. The van der Waals surface area contributed by atoms with Crippen LogP contribution in [-0.2, 0) is 0 Å². The molecule has 0 aliphatic carbocycles. The van der Waals surface area contributed by atoms with E-state index in [0.717, 1.165) is 31.6 Å². The van der Waals surface area contributed by atoms with Gasteiger partial charge in [-0.25, -0.2) is 5.21 Å². The number of hydrogen-bond acceptors (Lipinski definition) is 3. The monoisotopic (exact) mass is 222 g/mol. The molecule has 1 aromatic carbocycles. The fourth-order valence-electron chi connectivity index (χ4n) is 2.10. The van der Waals surface area contributed by atoms with E-state index in [1.165, 1.54) is 12.5 Å². The highest BCUT2D eigenvalue weighted by Crippen LogP contribution is 2.31. The van der Waals surface area contributed by atoms with Gasteiger partial charge in [-0.1, -0.05) is 0 Å². The maximum Gasteiger partial charge on any atom is 0.341 e. The molecule has 1 heterocycles. The van der Waals surface area contributed by atoms with E-state index in [2.05, 4.69) is 4.90 Å². The molecule has 0 amide bonds. The lowest BCUT2D eigenvalue weighted by molar-refractivity contribution is -0.729. The molecule has 3 N–H and O–H groups in total. The second-order valence-electron chi connectivity index (χ2n) is 4.07. The Morgan fingerprint density at radius 3 is 2.56 bits per heavy atom. The normalized spacial score (nSPS) is 16.1. The molecule has 2 rings (SSSR count). The molecule has 5 heteroatoms. The van der Waals surface area contributed by atoms with Gasteiger partial charge in [-0.05, 0) is 31.4 Å². The van der Waals surface area contributed by atoms with Crippen LogP contribution in [-0.4, -0.2) is 23.2 Å². The lowest BCUT2D eigenvalue weighted by Crippen LogP contribution is -2.30. The van der Waals surface area contributed by atoms with Gasteiger partial charge in [0, 0.05) is 24.8 Å². The highest BCUT2D eigenvalue weighted by atomic mass is 16.6. The summed E-state index contributed by atoms with van der Waals surface area (Å²) >= 11 is 0. The zero-order valence-corrected chi connectivity index (χ0v) is 9.09. The summed E-state index contributed by atoms with van der Waals surface area (Å²) in [5.74, 6) is 0. The van der Waals surface area contributed by atoms with Gasteiger partial charge in [-0.2, -0.15) is 0 Å². The van der Waals surface area contributed by atoms with Crippen molar-refractivity contribution in [1.82, 2.24) is 0 Å². The largest absolute Gasteiger partial charge is 0.399 e. The van der Waals surface area contributed by atoms with E-state index in [9.17, 15) is 4.91 Å². The molecular weight excluding hydrogens is 206 g/mol. The van der Waals surface area contributed by atoms with Crippen molar-refractivity contribution in [3.8, 4) is 0 Å². The number of hydrogen-bond donors (Lipinski definition) is 2. The van der Waals surface area contributed by atoms with Crippen molar-refractivity contribution >= 4 is 17.1 Å². The van der Waals surface area contributed by atoms with Crippen molar-refractivity contribution in [2.75, 3.05) is 23.7 Å². The van der Waals surface area contributed by atoms with Crippen LogP contribution >= 0.6 is 0 Å². The molecule has 0 atom stereocenters. The lowest BCUT2D eigenvalue weighted by atomic mass is 10.1. The van der Waals surface area contributed by atoms with Gasteiger partial charge in [0.1, 0.15) is 5.69 Å². The number of nitrogen functional groups attached to an aromatic ring is 1. The van der Waals surface area contributed by atoms with E-state index in [1.807, 2.05) is 0 Å². The smallest absolute Gasteiger partial charge is 0.341 e. The maximum absolute atomic E-state index is 11.1. The molecule has 1 aromatic rings. The molecule has 5 nitrogen and oxygen atoms in total. The van der Waals surface area contributed by atoms with E-state index < -0.39 is 0 Å². The van der Waals surface area contributed by atoms with Gasteiger partial charge in [0.05, 0.1) is 4.91 Å². The third-order valence-corrected chi connectivity index (χ3v) is 2.90. The number of rotatable bonds is 2. The Kier molecular flexibility index (Phi) is 2.94. The molecule has 1 aliphatic rings. The van der Waals surface area contributed by atoms with Crippen LogP contribution in [0.1, 0.15) is 19.3 Å². The number of anilines is 2. The summed E-state index contributed by atoms with van der Waals surface area (Å²) in [6, 6.07) is 5.03. The highest BCUT2D eigenvalue weighted by molar-refractivity contribution is 5.68. The molecular formula is C11H16N3O2+. The predicted molar refractivity (Wildman–Crippen MR) is 62.0 cm³/mol. The molecule has 0 spiro atoms. The molecule has 1 fully saturated rings. The van der Waals surface area contributed by atoms with Crippen LogP contribution in [0.25, 0.3) is 0 Å². The van der Waals surface area contributed by atoms with Crippen LogP contribution in [0.2, 0.25) is 0 Å². The van der Waals surface area contributed by atoms with Crippen molar-refractivity contribution in [2.24, 2.45) is 0 Å². The molecule has 0 unspecified atom stereocenters. The Labute approximate surface area is 94.0 Å². The Balaban J connectivity index is 2.34. The standard InChI is InChI=1S/C11H16N3O2/c12-9-4-5-10(11(8-9)14(15)16)13-6-2-1-3-7-13/h4-5,8H,1-3,6-7,12H2,(H,15,16)/q+1. The van der Waals surface area contributed by atoms with E-state index in [0.29, 0.717) is 5.69 Å². The Morgan fingerprint density at radius 2 is 1.94 bits per heavy atom. The number of nitrogens with zero attached hydrogens (tertiary/aromatic N) is 2. The van der Waals surface area contributed by atoms with Gasteiger partial charge in [0.25, 0.3) is 4.92 Å². The first-order valence-corrected chi connectivity index (χ1v) is 5.49. The minimum Gasteiger partial charge on any atom is -0.399 e. The third-order valence-electron chi connectivity index (χ3n) is 2.90. The van der Waals surface area contributed by atoms with Crippen LogP contribution in [0, 0.1) is 4.91 Å². The second kappa shape index (κ2) is 4.38. The minimum absolute atomic E-state index is 0.111. The quantitative estimate of drug-likeness (QED) is 0.593. The van der Waals surface area contributed by atoms with Gasteiger partial charge < -0.3 is 10.6 Å².